The third-order valence-corrected chi connectivity index (χ3v) is 3.90. The third-order valence-electron chi connectivity index (χ3n) is 3.90. The van der Waals surface area contributed by atoms with Gasteiger partial charge in [-0.05, 0) is 49.6 Å². The van der Waals surface area contributed by atoms with Crippen LogP contribution in [0.4, 0.5) is 0 Å². The summed E-state index contributed by atoms with van der Waals surface area (Å²) in [6.07, 6.45) is 3.32. The summed E-state index contributed by atoms with van der Waals surface area (Å²) in [5.41, 5.74) is 6.23. The third kappa shape index (κ3) is 11.1. The van der Waals surface area contributed by atoms with Crippen molar-refractivity contribution in [1.82, 2.24) is 10.6 Å². The molecule has 0 atom stereocenters. The summed E-state index contributed by atoms with van der Waals surface area (Å²) >= 11 is 0. The van der Waals surface area contributed by atoms with Crippen LogP contribution < -0.4 is 21.1 Å². The van der Waals surface area contributed by atoms with Crippen molar-refractivity contribution < 1.29 is 18.7 Å². The summed E-state index contributed by atoms with van der Waals surface area (Å²) in [5.74, 6) is 1.76. The lowest BCUT2D eigenvalue weighted by Gasteiger charge is -2.11. The molecular weight excluding hydrogens is 499 g/mol. The van der Waals surface area contributed by atoms with E-state index in [-0.39, 0.29) is 30.6 Å². The van der Waals surface area contributed by atoms with Crippen LogP contribution in [-0.2, 0) is 22.6 Å². The highest BCUT2D eigenvalue weighted by Gasteiger charge is 2.01. The molecule has 4 N–H and O–H groups in total. The van der Waals surface area contributed by atoms with Gasteiger partial charge in [-0.2, -0.15) is 0 Å². The molecule has 166 valence electrons. The van der Waals surface area contributed by atoms with E-state index >= 15 is 0 Å². The summed E-state index contributed by atoms with van der Waals surface area (Å²) in [7, 11) is 0. The van der Waals surface area contributed by atoms with Gasteiger partial charge in [0.05, 0.1) is 6.26 Å². The Morgan fingerprint density at radius 3 is 2.67 bits per heavy atom. The second-order valence-corrected chi connectivity index (χ2v) is 6.32. The standard InChI is InChI=1S/C21H30N4O4.HI/c1-2-23-21(24-11-4-13-27-15-19-5-3-14-28-19)25-12-10-17-6-8-18(9-7-17)29-16-20(22)26;/h3,5-9,14H,2,4,10-13,15-16H2,1H3,(H2,22,26)(H2,23,24,25);1H. The van der Waals surface area contributed by atoms with Gasteiger partial charge in [-0.3, -0.25) is 9.79 Å². The van der Waals surface area contributed by atoms with E-state index in [0.717, 1.165) is 43.2 Å². The average Bonchev–Trinajstić information content (AvgIpc) is 3.23. The number of primary amides is 1. The van der Waals surface area contributed by atoms with Crippen LogP contribution in [0.2, 0.25) is 0 Å². The predicted molar refractivity (Wildman–Crippen MR) is 127 cm³/mol. The highest BCUT2D eigenvalue weighted by Crippen LogP contribution is 2.12. The van der Waals surface area contributed by atoms with E-state index in [2.05, 4.69) is 15.6 Å². The molecule has 1 aromatic heterocycles. The molecule has 0 saturated carbocycles. The van der Waals surface area contributed by atoms with Crippen LogP contribution >= 0.6 is 24.0 Å². The molecule has 0 fully saturated rings. The van der Waals surface area contributed by atoms with Gasteiger partial charge in [-0.1, -0.05) is 12.1 Å². The first-order chi connectivity index (χ1) is 14.2. The highest BCUT2D eigenvalue weighted by atomic mass is 127. The van der Waals surface area contributed by atoms with Crippen LogP contribution in [0.25, 0.3) is 0 Å². The molecular formula is C21H31IN4O4. The van der Waals surface area contributed by atoms with Crippen molar-refractivity contribution in [3.8, 4) is 5.75 Å². The first-order valence-corrected chi connectivity index (χ1v) is 9.79. The van der Waals surface area contributed by atoms with E-state index in [1.54, 1.807) is 6.26 Å². The van der Waals surface area contributed by atoms with Crippen molar-refractivity contribution in [2.75, 3.05) is 32.8 Å². The number of halogens is 1. The molecule has 0 saturated heterocycles. The zero-order chi connectivity index (χ0) is 20.7. The van der Waals surface area contributed by atoms with Gasteiger partial charge in [0.25, 0.3) is 5.91 Å². The molecule has 0 spiro atoms. The van der Waals surface area contributed by atoms with Crippen molar-refractivity contribution in [3.63, 3.8) is 0 Å². The number of hydrogen-bond acceptors (Lipinski definition) is 5. The molecule has 2 aromatic rings. The van der Waals surface area contributed by atoms with Crippen LogP contribution in [0.15, 0.2) is 52.1 Å². The van der Waals surface area contributed by atoms with Crippen LogP contribution in [-0.4, -0.2) is 44.7 Å². The van der Waals surface area contributed by atoms with Gasteiger partial charge in [0.15, 0.2) is 12.6 Å². The highest BCUT2D eigenvalue weighted by molar-refractivity contribution is 14.0. The number of hydrogen-bond donors (Lipinski definition) is 3. The number of furan rings is 1. The van der Waals surface area contributed by atoms with E-state index in [4.69, 9.17) is 19.6 Å². The number of amides is 1. The summed E-state index contributed by atoms with van der Waals surface area (Å²) in [6.45, 7) is 5.27. The number of carbonyl (C=O) groups is 1. The second kappa shape index (κ2) is 15.6. The van der Waals surface area contributed by atoms with Crippen LogP contribution in [0.5, 0.6) is 5.75 Å². The molecule has 8 nitrogen and oxygen atoms in total. The molecule has 0 unspecified atom stereocenters. The molecule has 0 aliphatic carbocycles. The minimum absolute atomic E-state index is 0. The SMILES string of the molecule is CCNC(=NCCCOCc1ccco1)NCCc1ccc(OCC(N)=O)cc1.I. The summed E-state index contributed by atoms with van der Waals surface area (Å²) in [4.78, 5) is 15.3. The topological polar surface area (TPSA) is 111 Å². The molecule has 2 rings (SSSR count). The van der Waals surface area contributed by atoms with E-state index < -0.39 is 5.91 Å². The lowest BCUT2D eigenvalue weighted by Crippen LogP contribution is -2.38. The number of rotatable bonds is 13. The van der Waals surface area contributed by atoms with Crippen molar-refractivity contribution in [3.05, 3.63) is 54.0 Å². The molecule has 1 aromatic carbocycles. The quantitative estimate of drug-likeness (QED) is 0.159. The normalized spacial score (nSPS) is 10.9. The Bertz CT molecular complexity index is 736. The molecule has 30 heavy (non-hydrogen) atoms. The van der Waals surface area contributed by atoms with Crippen LogP contribution in [0, 0.1) is 0 Å². The number of nitrogens with zero attached hydrogens (tertiary/aromatic N) is 1. The monoisotopic (exact) mass is 530 g/mol. The zero-order valence-electron chi connectivity index (χ0n) is 17.3. The van der Waals surface area contributed by atoms with Gasteiger partial charge in [0.2, 0.25) is 0 Å². The minimum atomic E-state index is -0.488. The molecule has 1 amide bonds. The molecule has 1 heterocycles. The largest absolute Gasteiger partial charge is 0.484 e. The van der Waals surface area contributed by atoms with Crippen molar-refractivity contribution in [2.24, 2.45) is 10.7 Å². The molecule has 9 heteroatoms. The number of benzene rings is 1. The molecule has 0 aliphatic heterocycles. The number of carbonyl (C=O) groups excluding carboxylic acids is 1. The van der Waals surface area contributed by atoms with E-state index in [9.17, 15) is 4.79 Å². The Balaban J connectivity index is 0.00000450. The van der Waals surface area contributed by atoms with Gasteiger partial charge in [-0.15, -0.1) is 24.0 Å². The first-order valence-electron chi connectivity index (χ1n) is 9.79. The lowest BCUT2D eigenvalue weighted by atomic mass is 10.1. The summed E-state index contributed by atoms with van der Waals surface area (Å²) < 4.78 is 16.0. The fourth-order valence-corrected chi connectivity index (χ4v) is 2.50. The number of aliphatic imine (C=N–C) groups is 1. The Morgan fingerprint density at radius 1 is 1.20 bits per heavy atom. The number of nitrogens with two attached hydrogens (primary N) is 1. The summed E-state index contributed by atoms with van der Waals surface area (Å²) in [5, 5.41) is 6.57. The average molecular weight is 530 g/mol. The summed E-state index contributed by atoms with van der Waals surface area (Å²) in [6, 6.07) is 11.4. The maximum atomic E-state index is 10.7. The Kier molecular flexibility index (Phi) is 13.4. The van der Waals surface area contributed by atoms with Gasteiger partial charge >= 0.3 is 0 Å². The van der Waals surface area contributed by atoms with Gasteiger partial charge in [0.1, 0.15) is 18.1 Å². The zero-order valence-corrected chi connectivity index (χ0v) is 19.6. The van der Waals surface area contributed by atoms with E-state index in [1.165, 1.54) is 0 Å². The Hall–Kier alpha value is -2.27. The van der Waals surface area contributed by atoms with Crippen molar-refractivity contribution in [1.29, 1.82) is 0 Å². The fourth-order valence-electron chi connectivity index (χ4n) is 2.50. The van der Waals surface area contributed by atoms with Gasteiger partial charge in [0, 0.05) is 26.2 Å². The maximum Gasteiger partial charge on any atom is 0.255 e. The number of guanidine groups is 1. The van der Waals surface area contributed by atoms with Crippen molar-refractivity contribution >= 4 is 35.8 Å². The Morgan fingerprint density at radius 2 is 2.00 bits per heavy atom. The molecule has 0 radical (unpaired) electrons. The minimum Gasteiger partial charge on any atom is -0.484 e. The van der Waals surface area contributed by atoms with Gasteiger partial charge in [-0.25, -0.2) is 0 Å². The molecule has 0 aliphatic rings. The first kappa shape index (κ1) is 25.8. The fraction of sp³-hybridized carbons (Fsp3) is 0.429. The smallest absolute Gasteiger partial charge is 0.255 e. The van der Waals surface area contributed by atoms with Gasteiger partial charge < -0.3 is 30.3 Å². The molecule has 0 bridgehead atoms. The predicted octanol–water partition coefficient (Wildman–Crippen LogP) is 2.47. The Labute approximate surface area is 194 Å². The lowest BCUT2D eigenvalue weighted by molar-refractivity contribution is -0.119. The van der Waals surface area contributed by atoms with E-state index in [1.807, 2.05) is 43.3 Å². The second-order valence-electron chi connectivity index (χ2n) is 6.32. The van der Waals surface area contributed by atoms with Crippen LogP contribution in [0.3, 0.4) is 0 Å². The number of ether oxygens (including phenoxy) is 2. The van der Waals surface area contributed by atoms with Crippen LogP contribution in [0.1, 0.15) is 24.7 Å². The maximum absolute atomic E-state index is 10.7. The van der Waals surface area contributed by atoms with Crippen molar-refractivity contribution in [2.45, 2.75) is 26.4 Å². The van der Waals surface area contributed by atoms with E-state index in [0.29, 0.717) is 25.5 Å². The number of nitrogens with one attached hydrogen (secondary N) is 2.